The van der Waals surface area contributed by atoms with Gasteiger partial charge in [-0.3, -0.25) is 0 Å². The van der Waals surface area contributed by atoms with E-state index in [9.17, 15) is 5.11 Å². The Morgan fingerprint density at radius 2 is 1.94 bits per heavy atom. The van der Waals surface area contributed by atoms with Crippen LogP contribution in [0.15, 0.2) is 30.3 Å². The molecule has 2 nitrogen and oxygen atoms in total. The molecule has 1 aromatic carbocycles. The van der Waals surface area contributed by atoms with Gasteiger partial charge in [-0.1, -0.05) is 36.8 Å². The van der Waals surface area contributed by atoms with E-state index in [0.29, 0.717) is 13.0 Å². The van der Waals surface area contributed by atoms with Crippen LogP contribution in [0.25, 0.3) is 0 Å². The third kappa shape index (κ3) is 1.87. The molecular formula is C14H21NO. The van der Waals surface area contributed by atoms with Crippen molar-refractivity contribution >= 4 is 0 Å². The molecule has 2 heteroatoms. The molecule has 16 heavy (non-hydrogen) atoms. The molecule has 0 bridgehead atoms. The van der Waals surface area contributed by atoms with Gasteiger partial charge in [0.15, 0.2) is 0 Å². The molecule has 1 aliphatic rings. The highest BCUT2D eigenvalue weighted by atomic mass is 16.3. The molecule has 1 unspecified atom stereocenters. The number of rotatable bonds is 4. The van der Waals surface area contributed by atoms with E-state index < -0.39 is 5.60 Å². The Morgan fingerprint density at radius 1 is 1.31 bits per heavy atom. The molecule has 0 radical (unpaired) electrons. The molecule has 1 fully saturated rings. The second kappa shape index (κ2) is 4.19. The van der Waals surface area contributed by atoms with Crippen LogP contribution < -0.4 is 5.73 Å². The van der Waals surface area contributed by atoms with Crippen LogP contribution in [0.1, 0.15) is 31.7 Å². The normalized spacial score (nSPS) is 22.2. The van der Waals surface area contributed by atoms with E-state index in [1.165, 1.54) is 12.0 Å². The minimum atomic E-state index is -0.679. The van der Waals surface area contributed by atoms with Gasteiger partial charge in [0.25, 0.3) is 0 Å². The zero-order valence-corrected chi connectivity index (χ0v) is 9.95. The van der Waals surface area contributed by atoms with Crippen molar-refractivity contribution in [3.05, 3.63) is 35.9 Å². The average Bonchev–Trinajstić information content (AvgIpc) is 2.16. The SMILES string of the molecule is CC(O)(Cc1ccccc1)C1(CN)CCC1. The predicted molar refractivity (Wildman–Crippen MR) is 66.1 cm³/mol. The lowest BCUT2D eigenvalue weighted by molar-refractivity contribution is -0.109. The molecule has 1 saturated carbocycles. The van der Waals surface area contributed by atoms with E-state index >= 15 is 0 Å². The lowest BCUT2D eigenvalue weighted by atomic mass is 9.58. The van der Waals surface area contributed by atoms with Gasteiger partial charge in [0, 0.05) is 18.4 Å². The van der Waals surface area contributed by atoms with Crippen molar-refractivity contribution in [3.63, 3.8) is 0 Å². The van der Waals surface area contributed by atoms with Crippen LogP contribution in [-0.4, -0.2) is 17.3 Å². The summed E-state index contributed by atoms with van der Waals surface area (Å²) in [6, 6.07) is 10.2. The lowest BCUT2D eigenvalue weighted by Gasteiger charge is -2.51. The summed E-state index contributed by atoms with van der Waals surface area (Å²) < 4.78 is 0. The van der Waals surface area contributed by atoms with Crippen molar-refractivity contribution in [2.75, 3.05) is 6.54 Å². The standard InChI is InChI=1S/C14H21NO/c1-13(16,14(11-15)8-5-9-14)10-12-6-3-2-4-7-12/h2-4,6-7,16H,5,8-11,15H2,1H3. The topological polar surface area (TPSA) is 46.2 Å². The van der Waals surface area contributed by atoms with Crippen molar-refractivity contribution < 1.29 is 5.11 Å². The third-order valence-electron chi connectivity index (χ3n) is 4.24. The summed E-state index contributed by atoms with van der Waals surface area (Å²) in [7, 11) is 0. The first-order chi connectivity index (χ1) is 7.60. The smallest absolute Gasteiger partial charge is 0.0727 e. The highest BCUT2D eigenvalue weighted by Gasteiger charge is 2.49. The number of hydrogen-bond acceptors (Lipinski definition) is 2. The van der Waals surface area contributed by atoms with Crippen LogP contribution in [0.3, 0.4) is 0 Å². The average molecular weight is 219 g/mol. The first-order valence-corrected chi connectivity index (χ1v) is 6.06. The van der Waals surface area contributed by atoms with Gasteiger partial charge in [0.05, 0.1) is 5.60 Å². The van der Waals surface area contributed by atoms with Crippen molar-refractivity contribution in [2.24, 2.45) is 11.1 Å². The van der Waals surface area contributed by atoms with Gasteiger partial charge in [-0.2, -0.15) is 0 Å². The monoisotopic (exact) mass is 219 g/mol. The van der Waals surface area contributed by atoms with E-state index in [-0.39, 0.29) is 5.41 Å². The van der Waals surface area contributed by atoms with E-state index in [0.717, 1.165) is 12.8 Å². The van der Waals surface area contributed by atoms with Gasteiger partial charge < -0.3 is 10.8 Å². The Balaban J connectivity index is 2.13. The summed E-state index contributed by atoms with van der Waals surface area (Å²) >= 11 is 0. The van der Waals surface area contributed by atoms with E-state index in [2.05, 4.69) is 12.1 Å². The zero-order valence-electron chi connectivity index (χ0n) is 9.95. The second-order valence-electron chi connectivity index (χ2n) is 5.27. The Labute approximate surface area is 97.5 Å². The van der Waals surface area contributed by atoms with E-state index in [1.54, 1.807) is 0 Å². The summed E-state index contributed by atoms with van der Waals surface area (Å²) in [4.78, 5) is 0. The molecule has 1 aliphatic carbocycles. The summed E-state index contributed by atoms with van der Waals surface area (Å²) in [5.74, 6) is 0. The Bertz CT molecular complexity index is 336. The number of aliphatic hydroxyl groups is 1. The van der Waals surface area contributed by atoms with Crippen molar-refractivity contribution in [1.29, 1.82) is 0 Å². The molecule has 88 valence electrons. The molecule has 2 rings (SSSR count). The van der Waals surface area contributed by atoms with Gasteiger partial charge in [-0.05, 0) is 25.3 Å². The maximum atomic E-state index is 10.7. The molecule has 0 saturated heterocycles. The Kier molecular flexibility index (Phi) is 3.04. The summed E-state index contributed by atoms with van der Waals surface area (Å²) in [6.07, 6.45) is 4.01. The highest BCUT2D eigenvalue weighted by molar-refractivity contribution is 5.19. The largest absolute Gasteiger partial charge is 0.389 e. The first-order valence-electron chi connectivity index (χ1n) is 6.06. The number of nitrogens with two attached hydrogens (primary N) is 1. The van der Waals surface area contributed by atoms with Crippen LogP contribution in [-0.2, 0) is 6.42 Å². The lowest BCUT2D eigenvalue weighted by Crippen LogP contribution is -2.56. The molecule has 0 spiro atoms. The summed E-state index contributed by atoms with van der Waals surface area (Å²) in [5.41, 5.74) is 6.30. The Hall–Kier alpha value is -0.860. The minimum absolute atomic E-state index is 0.0527. The van der Waals surface area contributed by atoms with Gasteiger partial charge in [0.1, 0.15) is 0 Å². The van der Waals surface area contributed by atoms with Gasteiger partial charge in [-0.15, -0.1) is 0 Å². The van der Waals surface area contributed by atoms with Crippen molar-refractivity contribution in [1.82, 2.24) is 0 Å². The van der Waals surface area contributed by atoms with Crippen LogP contribution >= 0.6 is 0 Å². The molecule has 0 aliphatic heterocycles. The van der Waals surface area contributed by atoms with Crippen LogP contribution in [0.2, 0.25) is 0 Å². The second-order valence-corrected chi connectivity index (χ2v) is 5.27. The molecular weight excluding hydrogens is 198 g/mol. The summed E-state index contributed by atoms with van der Waals surface area (Å²) in [5, 5.41) is 10.7. The summed E-state index contributed by atoms with van der Waals surface area (Å²) in [6.45, 7) is 2.53. The highest BCUT2D eigenvalue weighted by Crippen LogP contribution is 2.49. The van der Waals surface area contributed by atoms with Gasteiger partial charge in [0.2, 0.25) is 0 Å². The first kappa shape index (κ1) is 11.6. The van der Waals surface area contributed by atoms with Crippen molar-refractivity contribution in [3.8, 4) is 0 Å². The van der Waals surface area contributed by atoms with Crippen LogP contribution in [0.4, 0.5) is 0 Å². The number of benzene rings is 1. The predicted octanol–water partition coefficient (Wildman–Crippen LogP) is 2.11. The molecule has 0 heterocycles. The number of hydrogen-bond donors (Lipinski definition) is 2. The minimum Gasteiger partial charge on any atom is -0.389 e. The fourth-order valence-corrected chi connectivity index (χ4v) is 2.75. The molecule has 1 atom stereocenters. The fraction of sp³-hybridized carbons (Fsp3) is 0.571. The van der Waals surface area contributed by atoms with Gasteiger partial charge >= 0.3 is 0 Å². The fourth-order valence-electron chi connectivity index (χ4n) is 2.75. The quantitative estimate of drug-likeness (QED) is 0.814. The van der Waals surface area contributed by atoms with E-state index in [4.69, 9.17) is 5.73 Å². The Morgan fingerprint density at radius 3 is 2.38 bits per heavy atom. The van der Waals surface area contributed by atoms with E-state index in [1.807, 2.05) is 25.1 Å². The molecule has 0 aromatic heterocycles. The third-order valence-corrected chi connectivity index (χ3v) is 4.24. The van der Waals surface area contributed by atoms with Crippen LogP contribution in [0.5, 0.6) is 0 Å². The zero-order chi connectivity index (χ0) is 11.6. The molecule has 0 amide bonds. The molecule has 3 N–H and O–H groups in total. The van der Waals surface area contributed by atoms with Crippen LogP contribution in [0, 0.1) is 5.41 Å². The molecule has 1 aromatic rings. The van der Waals surface area contributed by atoms with Gasteiger partial charge in [-0.25, -0.2) is 0 Å². The maximum absolute atomic E-state index is 10.7. The maximum Gasteiger partial charge on any atom is 0.0727 e. The van der Waals surface area contributed by atoms with Crippen molar-refractivity contribution in [2.45, 2.75) is 38.2 Å².